The molecule has 0 aromatic heterocycles. The van der Waals surface area contributed by atoms with Crippen LogP contribution in [0.4, 0.5) is 4.39 Å². The highest BCUT2D eigenvalue weighted by molar-refractivity contribution is 5.75. The molecule has 1 amide bonds. The van der Waals surface area contributed by atoms with Crippen molar-refractivity contribution in [3.8, 4) is 5.75 Å². The van der Waals surface area contributed by atoms with Gasteiger partial charge in [0, 0.05) is 24.6 Å². The van der Waals surface area contributed by atoms with Gasteiger partial charge in [0.15, 0.2) is 0 Å². The van der Waals surface area contributed by atoms with Gasteiger partial charge in [0.25, 0.3) is 0 Å². The Bertz CT molecular complexity index is 459. The Morgan fingerprint density at radius 3 is 3.05 bits per heavy atom. The molecule has 0 aliphatic carbocycles. The molecule has 2 rings (SSSR count). The van der Waals surface area contributed by atoms with Gasteiger partial charge in [-0.15, -0.1) is 0 Å². The fraction of sp³-hybridized carbons (Fsp3) is 0.533. The quantitative estimate of drug-likeness (QED) is 0.836. The van der Waals surface area contributed by atoms with Crippen molar-refractivity contribution in [3.63, 3.8) is 0 Å². The van der Waals surface area contributed by atoms with Crippen molar-refractivity contribution in [2.24, 2.45) is 5.92 Å². The van der Waals surface area contributed by atoms with E-state index in [9.17, 15) is 9.18 Å². The molecule has 1 fully saturated rings. The van der Waals surface area contributed by atoms with Gasteiger partial charge in [-0.1, -0.05) is 6.07 Å². The molecule has 110 valence electrons. The topological polar surface area (TPSA) is 50.4 Å². The van der Waals surface area contributed by atoms with Crippen LogP contribution in [0.25, 0.3) is 0 Å². The number of nitrogens with one attached hydrogen (secondary N) is 2. The number of rotatable bonds is 6. The van der Waals surface area contributed by atoms with Crippen molar-refractivity contribution in [3.05, 3.63) is 29.6 Å². The van der Waals surface area contributed by atoms with Gasteiger partial charge in [-0.2, -0.15) is 0 Å². The molecular weight excluding hydrogens is 259 g/mol. The second kappa shape index (κ2) is 7.24. The smallest absolute Gasteiger partial charge is 0.220 e. The summed E-state index contributed by atoms with van der Waals surface area (Å²) in [6.07, 6.45) is 2.54. The summed E-state index contributed by atoms with van der Waals surface area (Å²) in [6, 6.07) is 4.65. The lowest BCUT2D eigenvalue weighted by Crippen LogP contribution is -2.24. The molecule has 20 heavy (non-hydrogen) atoms. The zero-order valence-corrected chi connectivity index (χ0v) is 11.7. The van der Waals surface area contributed by atoms with Gasteiger partial charge >= 0.3 is 0 Å². The molecule has 1 unspecified atom stereocenters. The summed E-state index contributed by atoms with van der Waals surface area (Å²) in [5, 5.41) is 6.04. The Morgan fingerprint density at radius 1 is 1.55 bits per heavy atom. The van der Waals surface area contributed by atoms with Crippen molar-refractivity contribution in [2.45, 2.75) is 25.8 Å². The van der Waals surface area contributed by atoms with Crippen molar-refractivity contribution < 1.29 is 13.9 Å². The van der Waals surface area contributed by atoms with Gasteiger partial charge in [0.2, 0.25) is 5.91 Å². The third kappa shape index (κ3) is 4.20. The van der Waals surface area contributed by atoms with Crippen LogP contribution in [-0.2, 0) is 11.3 Å². The summed E-state index contributed by atoms with van der Waals surface area (Å²) in [7, 11) is 1.49. The maximum atomic E-state index is 13.7. The van der Waals surface area contributed by atoms with Crippen LogP contribution in [0.1, 0.15) is 24.8 Å². The van der Waals surface area contributed by atoms with E-state index in [4.69, 9.17) is 4.74 Å². The highest BCUT2D eigenvalue weighted by Gasteiger charge is 2.15. The first-order valence-corrected chi connectivity index (χ1v) is 6.99. The number of amides is 1. The summed E-state index contributed by atoms with van der Waals surface area (Å²) in [5.74, 6) is 0.696. The van der Waals surface area contributed by atoms with Crippen LogP contribution in [0.2, 0.25) is 0 Å². The minimum Gasteiger partial charge on any atom is -0.497 e. The number of methoxy groups -OCH3 is 1. The van der Waals surface area contributed by atoms with Crippen molar-refractivity contribution in [2.75, 3.05) is 20.2 Å². The van der Waals surface area contributed by atoms with E-state index in [0.717, 1.165) is 25.9 Å². The molecule has 1 atom stereocenters. The Balaban J connectivity index is 1.75. The predicted molar refractivity (Wildman–Crippen MR) is 75.0 cm³/mol. The molecule has 1 aliphatic heterocycles. The maximum Gasteiger partial charge on any atom is 0.220 e. The Hall–Kier alpha value is -1.62. The number of hydrogen-bond acceptors (Lipinski definition) is 3. The number of benzene rings is 1. The van der Waals surface area contributed by atoms with E-state index in [1.54, 1.807) is 12.1 Å². The highest BCUT2D eigenvalue weighted by atomic mass is 19.1. The first-order chi connectivity index (χ1) is 9.69. The number of hydrogen-bond donors (Lipinski definition) is 2. The molecule has 2 N–H and O–H groups in total. The van der Waals surface area contributed by atoms with Crippen molar-refractivity contribution in [1.82, 2.24) is 10.6 Å². The van der Waals surface area contributed by atoms with E-state index in [-0.39, 0.29) is 18.3 Å². The van der Waals surface area contributed by atoms with Crippen LogP contribution in [0, 0.1) is 11.7 Å². The lowest BCUT2D eigenvalue weighted by molar-refractivity contribution is -0.121. The lowest BCUT2D eigenvalue weighted by Gasteiger charge is -2.10. The van der Waals surface area contributed by atoms with Crippen molar-refractivity contribution >= 4 is 5.91 Å². The molecule has 1 aromatic rings. The summed E-state index contributed by atoms with van der Waals surface area (Å²) in [5.41, 5.74) is 0.474. The number of halogens is 1. The van der Waals surface area contributed by atoms with Crippen LogP contribution in [0.15, 0.2) is 18.2 Å². The highest BCUT2D eigenvalue weighted by Crippen LogP contribution is 2.16. The Labute approximate surface area is 118 Å². The van der Waals surface area contributed by atoms with Gasteiger partial charge in [0.1, 0.15) is 11.6 Å². The number of ether oxygens (including phenoxy) is 1. The zero-order valence-electron chi connectivity index (χ0n) is 11.7. The average molecular weight is 280 g/mol. The second-order valence-corrected chi connectivity index (χ2v) is 5.13. The summed E-state index contributed by atoms with van der Waals surface area (Å²) in [4.78, 5) is 11.7. The summed E-state index contributed by atoms with van der Waals surface area (Å²) in [6.45, 7) is 2.27. The number of carbonyl (C=O) groups is 1. The Kier molecular flexibility index (Phi) is 5.35. The summed E-state index contributed by atoms with van der Waals surface area (Å²) < 4.78 is 18.6. The zero-order chi connectivity index (χ0) is 14.4. The lowest BCUT2D eigenvalue weighted by atomic mass is 10.0. The van der Waals surface area contributed by atoms with Crippen LogP contribution in [-0.4, -0.2) is 26.1 Å². The third-order valence-electron chi connectivity index (χ3n) is 3.68. The van der Waals surface area contributed by atoms with Gasteiger partial charge in [-0.3, -0.25) is 4.79 Å². The van der Waals surface area contributed by atoms with Gasteiger partial charge in [-0.05, 0) is 37.9 Å². The van der Waals surface area contributed by atoms with E-state index in [1.165, 1.54) is 13.2 Å². The normalized spacial score (nSPS) is 18.0. The third-order valence-corrected chi connectivity index (χ3v) is 3.68. The SMILES string of the molecule is COc1ccc(CNC(=O)CCC2CCNC2)c(F)c1. The molecule has 1 heterocycles. The van der Waals surface area contributed by atoms with E-state index in [1.807, 2.05) is 0 Å². The molecule has 0 radical (unpaired) electrons. The molecule has 0 bridgehead atoms. The fourth-order valence-corrected chi connectivity index (χ4v) is 2.38. The second-order valence-electron chi connectivity index (χ2n) is 5.13. The van der Waals surface area contributed by atoms with E-state index < -0.39 is 0 Å². The maximum absolute atomic E-state index is 13.7. The summed E-state index contributed by atoms with van der Waals surface area (Å²) >= 11 is 0. The molecule has 1 saturated heterocycles. The molecule has 5 heteroatoms. The molecule has 1 aliphatic rings. The van der Waals surface area contributed by atoms with Gasteiger partial charge in [0.05, 0.1) is 7.11 Å². The fourth-order valence-electron chi connectivity index (χ4n) is 2.38. The largest absolute Gasteiger partial charge is 0.497 e. The molecule has 0 saturated carbocycles. The predicted octanol–water partition coefficient (Wildman–Crippen LogP) is 1.84. The molecule has 0 spiro atoms. The van der Waals surface area contributed by atoms with E-state index in [0.29, 0.717) is 23.7 Å². The van der Waals surface area contributed by atoms with E-state index >= 15 is 0 Å². The van der Waals surface area contributed by atoms with Gasteiger partial charge in [-0.25, -0.2) is 4.39 Å². The average Bonchev–Trinajstić information content (AvgIpc) is 2.97. The molecule has 4 nitrogen and oxygen atoms in total. The van der Waals surface area contributed by atoms with Crippen LogP contribution < -0.4 is 15.4 Å². The number of carbonyl (C=O) groups excluding carboxylic acids is 1. The monoisotopic (exact) mass is 280 g/mol. The minimum absolute atomic E-state index is 0.0212. The van der Waals surface area contributed by atoms with Crippen LogP contribution in [0.3, 0.4) is 0 Å². The first kappa shape index (κ1) is 14.8. The van der Waals surface area contributed by atoms with Crippen LogP contribution in [0.5, 0.6) is 5.75 Å². The van der Waals surface area contributed by atoms with E-state index in [2.05, 4.69) is 10.6 Å². The standard InChI is InChI=1S/C15H21FN2O2/c1-20-13-4-3-12(14(16)8-13)10-18-15(19)5-2-11-6-7-17-9-11/h3-4,8,11,17H,2,5-7,9-10H2,1H3,(H,18,19). The van der Waals surface area contributed by atoms with Crippen molar-refractivity contribution in [1.29, 1.82) is 0 Å². The molecular formula is C15H21FN2O2. The minimum atomic E-state index is -0.357. The Morgan fingerprint density at radius 2 is 2.40 bits per heavy atom. The van der Waals surface area contributed by atoms with Gasteiger partial charge < -0.3 is 15.4 Å². The van der Waals surface area contributed by atoms with Crippen LogP contribution >= 0.6 is 0 Å². The molecule has 1 aromatic carbocycles. The first-order valence-electron chi connectivity index (χ1n) is 6.99.